The highest BCUT2D eigenvalue weighted by atomic mass is 16.6. The molecular weight excluding hydrogens is 240 g/mol. The molecule has 1 amide bonds. The Morgan fingerprint density at radius 1 is 1.32 bits per heavy atom. The van der Waals surface area contributed by atoms with Crippen molar-refractivity contribution in [2.45, 2.75) is 64.5 Å². The molecule has 1 saturated heterocycles. The maximum absolute atomic E-state index is 11.6. The number of hydrogen-bond acceptors (Lipinski definition) is 3. The van der Waals surface area contributed by atoms with Crippen LogP contribution in [0.1, 0.15) is 52.9 Å². The summed E-state index contributed by atoms with van der Waals surface area (Å²) in [4.78, 5) is 11.6. The van der Waals surface area contributed by atoms with Crippen LogP contribution in [-0.4, -0.2) is 30.8 Å². The zero-order valence-electron chi connectivity index (χ0n) is 12.5. The van der Waals surface area contributed by atoms with E-state index in [1.807, 2.05) is 20.8 Å². The molecule has 4 nitrogen and oxygen atoms in total. The van der Waals surface area contributed by atoms with E-state index in [4.69, 9.17) is 4.74 Å². The number of nitrogens with one attached hydrogen (secondary N) is 2. The van der Waals surface area contributed by atoms with Gasteiger partial charge in [0.1, 0.15) is 5.60 Å². The third-order valence-electron chi connectivity index (χ3n) is 4.15. The zero-order chi connectivity index (χ0) is 13.9. The molecule has 110 valence electrons. The first-order chi connectivity index (χ1) is 8.94. The molecule has 1 aliphatic carbocycles. The highest BCUT2D eigenvalue weighted by molar-refractivity contribution is 5.67. The van der Waals surface area contributed by atoms with Crippen molar-refractivity contribution in [1.82, 2.24) is 10.6 Å². The molecule has 1 aliphatic heterocycles. The predicted octanol–water partition coefficient (Wildman–Crippen LogP) is 2.68. The van der Waals surface area contributed by atoms with E-state index in [-0.39, 0.29) is 6.09 Å². The Morgan fingerprint density at radius 3 is 2.79 bits per heavy atom. The maximum atomic E-state index is 11.6. The number of fused-ring (bicyclic) bond motifs is 1. The first-order valence-electron chi connectivity index (χ1n) is 7.64. The van der Waals surface area contributed by atoms with Crippen molar-refractivity contribution in [3.8, 4) is 0 Å². The Hall–Kier alpha value is -0.770. The van der Waals surface area contributed by atoms with Crippen molar-refractivity contribution in [3.05, 3.63) is 0 Å². The van der Waals surface area contributed by atoms with Gasteiger partial charge in [-0.15, -0.1) is 0 Å². The van der Waals surface area contributed by atoms with E-state index in [2.05, 4.69) is 10.6 Å². The molecule has 2 N–H and O–H groups in total. The minimum Gasteiger partial charge on any atom is -0.444 e. The summed E-state index contributed by atoms with van der Waals surface area (Å²) in [5.74, 6) is 1.36. The number of ether oxygens (including phenoxy) is 1. The lowest BCUT2D eigenvalue weighted by Gasteiger charge is -2.40. The molecule has 0 bridgehead atoms. The minimum atomic E-state index is -0.413. The van der Waals surface area contributed by atoms with Crippen molar-refractivity contribution in [2.24, 2.45) is 11.8 Å². The van der Waals surface area contributed by atoms with E-state index in [0.29, 0.717) is 5.92 Å². The van der Waals surface area contributed by atoms with Crippen molar-refractivity contribution in [3.63, 3.8) is 0 Å². The lowest BCUT2D eigenvalue weighted by atomic mass is 9.76. The largest absolute Gasteiger partial charge is 0.444 e. The van der Waals surface area contributed by atoms with Crippen molar-refractivity contribution < 1.29 is 9.53 Å². The van der Waals surface area contributed by atoms with Crippen LogP contribution in [0.15, 0.2) is 0 Å². The molecule has 0 aromatic heterocycles. The third-order valence-corrected chi connectivity index (χ3v) is 4.15. The van der Waals surface area contributed by atoms with Gasteiger partial charge in [-0.3, -0.25) is 0 Å². The number of piperidine rings is 1. The van der Waals surface area contributed by atoms with Crippen LogP contribution in [0.2, 0.25) is 0 Å². The highest BCUT2D eigenvalue weighted by Crippen LogP contribution is 2.32. The number of hydrogen-bond donors (Lipinski definition) is 2. The number of rotatable bonds is 2. The molecule has 1 saturated carbocycles. The van der Waals surface area contributed by atoms with Crippen LogP contribution in [-0.2, 0) is 4.74 Å². The number of carbonyl (C=O) groups excluding carboxylic acids is 1. The lowest BCUT2D eigenvalue weighted by Crippen LogP contribution is -2.49. The van der Waals surface area contributed by atoms with Crippen LogP contribution in [0.25, 0.3) is 0 Å². The van der Waals surface area contributed by atoms with E-state index >= 15 is 0 Å². The number of carbonyl (C=O) groups is 1. The summed E-state index contributed by atoms with van der Waals surface area (Å²) in [5.41, 5.74) is -0.413. The molecule has 2 rings (SSSR count). The molecule has 4 heteroatoms. The van der Waals surface area contributed by atoms with Crippen LogP contribution in [0.5, 0.6) is 0 Å². The van der Waals surface area contributed by atoms with Gasteiger partial charge in [0.2, 0.25) is 0 Å². The topological polar surface area (TPSA) is 50.4 Å². The standard InChI is InChI=1S/C15H28N2O2/c1-15(2,3)19-14(18)17-10-11-8-12-6-4-5-7-13(12)16-9-11/h11-13,16H,4-10H2,1-3H3,(H,17,18)/t11-,12+,13-/m0/s1. The highest BCUT2D eigenvalue weighted by Gasteiger charge is 2.32. The second-order valence-electron chi connectivity index (χ2n) is 7.04. The average molecular weight is 268 g/mol. The van der Waals surface area contributed by atoms with Gasteiger partial charge in [-0.2, -0.15) is 0 Å². The van der Waals surface area contributed by atoms with Gasteiger partial charge >= 0.3 is 6.09 Å². The Morgan fingerprint density at radius 2 is 2.05 bits per heavy atom. The van der Waals surface area contributed by atoms with Gasteiger partial charge in [0.25, 0.3) is 0 Å². The van der Waals surface area contributed by atoms with Gasteiger partial charge in [-0.05, 0) is 58.4 Å². The van der Waals surface area contributed by atoms with Crippen LogP contribution >= 0.6 is 0 Å². The van der Waals surface area contributed by atoms with E-state index in [1.54, 1.807) is 0 Å². The SMILES string of the molecule is CC(C)(C)OC(=O)NC[C@@H]1CN[C@H]2CCCC[C@@H]2C1. The summed E-state index contributed by atoms with van der Waals surface area (Å²) in [6, 6.07) is 0.728. The molecule has 3 atom stereocenters. The smallest absolute Gasteiger partial charge is 0.407 e. The van der Waals surface area contributed by atoms with E-state index in [0.717, 1.165) is 25.0 Å². The summed E-state index contributed by atoms with van der Waals surface area (Å²) in [5, 5.41) is 6.55. The summed E-state index contributed by atoms with van der Waals surface area (Å²) >= 11 is 0. The lowest BCUT2D eigenvalue weighted by molar-refractivity contribution is 0.0508. The monoisotopic (exact) mass is 268 g/mol. The normalized spacial score (nSPS) is 31.4. The van der Waals surface area contributed by atoms with Crippen LogP contribution in [0, 0.1) is 11.8 Å². The second-order valence-corrected chi connectivity index (χ2v) is 7.04. The van der Waals surface area contributed by atoms with Crippen molar-refractivity contribution >= 4 is 6.09 Å². The molecular formula is C15H28N2O2. The molecule has 2 aliphatic rings. The first-order valence-corrected chi connectivity index (χ1v) is 7.64. The molecule has 0 aromatic carbocycles. The van der Waals surface area contributed by atoms with Gasteiger partial charge in [0.15, 0.2) is 0 Å². The molecule has 0 aromatic rings. The molecule has 19 heavy (non-hydrogen) atoms. The number of amides is 1. The quantitative estimate of drug-likeness (QED) is 0.809. The minimum absolute atomic E-state index is 0.293. The molecule has 1 heterocycles. The van der Waals surface area contributed by atoms with Crippen LogP contribution in [0.4, 0.5) is 4.79 Å². The van der Waals surface area contributed by atoms with Gasteiger partial charge in [0.05, 0.1) is 0 Å². The van der Waals surface area contributed by atoms with Crippen LogP contribution in [0.3, 0.4) is 0 Å². The Balaban J connectivity index is 1.70. The molecule has 0 unspecified atom stereocenters. The fraction of sp³-hybridized carbons (Fsp3) is 0.933. The van der Waals surface area contributed by atoms with Crippen molar-refractivity contribution in [2.75, 3.05) is 13.1 Å². The van der Waals surface area contributed by atoms with Gasteiger partial charge in [-0.1, -0.05) is 12.8 Å². The molecule has 0 radical (unpaired) electrons. The Bertz CT molecular complexity index is 312. The fourth-order valence-electron chi connectivity index (χ4n) is 3.29. The maximum Gasteiger partial charge on any atom is 0.407 e. The summed E-state index contributed by atoms with van der Waals surface area (Å²) in [6.07, 6.45) is 6.37. The molecule has 0 spiro atoms. The predicted molar refractivity (Wildman–Crippen MR) is 76.1 cm³/mol. The average Bonchev–Trinajstić information content (AvgIpc) is 2.34. The van der Waals surface area contributed by atoms with Gasteiger partial charge < -0.3 is 15.4 Å². The Kier molecular flexibility index (Phi) is 4.71. The molecule has 2 fully saturated rings. The fourth-order valence-corrected chi connectivity index (χ4v) is 3.29. The summed E-state index contributed by atoms with van der Waals surface area (Å²) < 4.78 is 5.26. The van der Waals surface area contributed by atoms with E-state index in [9.17, 15) is 4.79 Å². The van der Waals surface area contributed by atoms with Gasteiger partial charge in [0, 0.05) is 12.6 Å². The Labute approximate surface area is 116 Å². The van der Waals surface area contributed by atoms with Crippen molar-refractivity contribution in [1.29, 1.82) is 0 Å². The van der Waals surface area contributed by atoms with Gasteiger partial charge in [-0.25, -0.2) is 4.79 Å². The first kappa shape index (κ1) is 14.6. The second kappa shape index (κ2) is 6.12. The van der Waals surface area contributed by atoms with E-state index in [1.165, 1.54) is 32.1 Å². The van der Waals surface area contributed by atoms with E-state index < -0.39 is 5.60 Å². The summed E-state index contributed by atoms with van der Waals surface area (Å²) in [7, 11) is 0. The van der Waals surface area contributed by atoms with Crippen LogP contribution < -0.4 is 10.6 Å². The summed E-state index contributed by atoms with van der Waals surface area (Å²) in [6.45, 7) is 7.42. The number of alkyl carbamates (subject to hydrolysis) is 1. The zero-order valence-corrected chi connectivity index (χ0v) is 12.5. The third kappa shape index (κ3) is 4.68.